The Bertz CT molecular complexity index is 218. The Morgan fingerprint density at radius 3 is 2.57 bits per heavy atom. The van der Waals surface area contributed by atoms with Crippen LogP contribution in [0.3, 0.4) is 0 Å². The van der Waals surface area contributed by atoms with E-state index in [1.165, 1.54) is 5.01 Å². The number of carboxylic acid groups (broad SMARTS) is 1. The van der Waals surface area contributed by atoms with Crippen LogP contribution in [0.4, 0.5) is 0 Å². The van der Waals surface area contributed by atoms with Gasteiger partial charge >= 0.3 is 103 Å². The van der Waals surface area contributed by atoms with E-state index in [1.807, 2.05) is 0 Å². The maximum absolute atomic E-state index is 10.5. The zero-order valence-electron chi connectivity index (χ0n) is 8.28. The molecule has 1 aliphatic rings. The molecule has 1 heterocycles. The van der Waals surface area contributed by atoms with Gasteiger partial charge in [-0.2, -0.15) is 0 Å². The third-order valence-electron chi connectivity index (χ3n) is 1.76. The van der Waals surface area contributed by atoms with Crippen molar-refractivity contribution in [3.63, 3.8) is 0 Å². The molecule has 1 N–H and O–H groups in total. The van der Waals surface area contributed by atoms with E-state index in [2.05, 4.69) is 30.3 Å². The zero-order chi connectivity index (χ0) is 9.14. The van der Waals surface area contributed by atoms with Gasteiger partial charge in [-0.1, -0.05) is 0 Å². The molecule has 1 saturated heterocycles. The van der Waals surface area contributed by atoms with Crippen LogP contribution in [0.2, 0.25) is 0 Å². The molecule has 1 fully saturated rings. The molecule has 1 aliphatic heterocycles. The third-order valence-corrected chi connectivity index (χ3v) is 1.94. The summed E-state index contributed by atoms with van der Waals surface area (Å²) in [5.41, 5.74) is 2.63. The summed E-state index contributed by atoms with van der Waals surface area (Å²) in [5.74, 6) is -1.08. The van der Waals surface area contributed by atoms with Gasteiger partial charge in [0.2, 0.25) is 0 Å². The summed E-state index contributed by atoms with van der Waals surface area (Å²) in [6.07, 6.45) is 1.41. The van der Waals surface area contributed by atoms with Gasteiger partial charge in [0.05, 0.1) is 12.0 Å². The molecule has 0 saturated carbocycles. The van der Waals surface area contributed by atoms with Crippen LogP contribution in [0.25, 0.3) is 0 Å². The van der Waals surface area contributed by atoms with Gasteiger partial charge in [0, 0.05) is 6.54 Å². The van der Waals surface area contributed by atoms with Crippen LogP contribution >= 0.6 is 12.2 Å². The first-order valence-electron chi connectivity index (χ1n) is 3.56. The SMILES string of the molecule is O=C([O-])[C@@H]1CCCN1NC(=S)[S-].[K+].[K+]. The molecule has 0 bridgehead atoms. The molecule has 1 atom stereocenters. The molecular formula is C6H8K2N2O2S2. The van der Waals surface area contributed by atoms with Crippen LogP contribution in [0.1, 0.15) is 12.8 Å². The number of thiocarbonyl (C=S) groups is 1. The maximum atomic E-state index is 10.5. The van der Waals surface area contributed by atoms with Gasteiger partial charge in [-0.3, -0.25) is 0 Å². The summed E-state index contributed by atoms with van der Waals surface area (Å²) in [5, 5.41) is 12.0. The average molecular weight is 282 g/mol. The van der Waals surface area contributed by atoms with Gasteiger partial charge in [0.15, 0.2) is 0 Å². The first-order chi connectivity index (χ1) is 5.61. The molecule has 68 valence electrons. The van der Waals surface area contributed by atoms with Crippen LogP contribution < -0.4 is 113 Å². The Balaban J connectivity index is 0. The minimum Gasteiger partial charge on any atom is -0.548 e. The smallest absolute Gasteiger partial charge is 0.548 e. The summed E-state index contributed by atoms with van der Waals surface area (Å²) in [7, 11) is 0. The van der Waals surface area contributed by atoms with E-state index < -0.39 is 12.0 Å². The van der Waals surface area contributed by atoms with Gasteiger partial charge in [0.25, 0.3) is 0 Å². The number of carboxylic acids is 1. The molecule has 0 radical (unpaired) electrons. The molecule has 1 rings (SSSR count). The normalized spacial score (nSPS) is 20.4. The number of nitrogens with zero attached hydrogens (tertiary/aromatic N) is 1. The third kappa shape index (κ3) is 6.52. The number of hydrogen-bond acceptors (Lipinski definition) is 5. The van der Waals surface area contributed by atoms with E-state index >= 15 is 0 Å². The van der Waals surface area contributed by atoms with Gasteiger partial charge in [-0.05, 0) is 17.2 Å². The molecule has 0 aromatic carbocycles. The van der Waals surface area contributed by atoms with Crippen molar-refractivity contribution in [2.45, 2.75) is 18.9 Å². The quantitative estimate of drug-likeness (QED) is 0.309. The van der Waals surface area contributed by atoms with Crippen molar-refractivity contribution in [3.8, 4) is 0 Å². The van der Waals surface area contributed by atoms with Crippen LogP contribution in [0, 0.1) is 0 Å². The molecule has 0 aliphatic carbocycles. The fraction of sp³-hybridized carbons (Fsp3) is 0.667. The zero-order valence-corrected chi connectivity index (χ0v) is 16.2. The molecule has 14 heavy (non-hydrogen) atoms. The number of aliphatic carboxylic acids is 1. The van der Waals surface area contributed by atoms with Crippen molar-refractivity contribution >= 4 is 35.1 Å². The van der Waals surface area contributed by atoms with Crippen LogP contribution in [-0.2, 0) is 17.4 Å². The van der Waals surface area contributed by atoms with Gasteiger partial charge in [-0.25, -0.2) is 5.01 Å². The van der Waals surface area contributed by atoms with Crippen LogP contribution in [0.15, 0.2) is 0 Å². The van der Waals surface area contributed by atoms with Crippen molar-refractivity contribution in [3.05, 3.63) is 0 Å². The van der Waals surface area contributed by atoms with Crippen LogP contribution in [0.5, 0.6) is 0 Å². The van der Waals surface area contributed by atoms with E-state index in [1.54, 1.807) is 0 Å². The molecule has 0 aromatic heterocycles. The Morgan fingerprint density at radius 2 is 2.14 bits per heavy atom. The minimum atomic E-state index is -1.08. The number of carbonyl (C=O) groups is 1. The topological polar surface area (TPSA) is 55.4 Å². The second-order valence-corrected chi connectivity index (χ2v) is 3.64. The fourth-order valence-corrected chi connectivity index (χ4v) is 1.50. The minimum absolute atomic E-state index is 0. The van der Waals surface area contributed by atoms with Gasteiger partial charge in [-0.15, -0.1) is 0 Å². The number of nitrogens with one attached hydrogen (secondary N) is 1. The number of rotatable bonds is 2. The Morgan fingerprint density at radius 1 is 1.57 bits per heavy atom. The molecule has 4 nitrogen and oxygen atoms in total. The Kier molecular flexibility index (Phi) is 13.4. The van der Waals surface area contributed by atoms with Crippen LogP contribution in [-0.4, -0.2) is 27.9 Å². The van der Waals surface area contributed by atoms with Gasteiger partial charge < -0.3 is 40.2 Å². The second kappa shape index (κ2) is 9.80. The molecule has 0 amide bonds. The number of carbonyl (C=O) groups excluding carboxylic acids is 1. The van der Waals surface area contributed by atoms with Crippen molar-refractivity contribution in [2.24, 2.45) is 0 Å². The second-order valence-electron chi connectivity index (χ2n) is 2.57. The summed E-state index contributed by atoms with van der Waals surface area (Å²) in [6, 6.07) is -0.592. The van der Waals surface area contributed by atoms with Crippen molar-refractivity contribution in [1.29, 1.82) is 0 Å². The number of hydrazine groups is 1. The van der Waals surface area contributed by atoms with Crippen molar-refractivity contribution in [2.75, 3.05) is 6.54 Å². The standard InChI is InChI=1S/C6H10N2O2S2.2K/c9-5(10)4-2-1-3-8(4)7-6(11)12;;/h4H,1-3H2,(H,9,10)(H2,7,11,12);;/q;2*+1/p-2/t4-;;/m0../s1. The fourth-order valence-electron chi connectivity index (χ4n) is 1.26. The van der Waals surface area contributed by atoms with Crippen molar-refractivity contribution < 1.29 is 113 Å². The van der Waals surface area contributed by atoms with E-state index in [0.29, 0.717) is 13.0 Å². The Hall–Kier alpha value is 2.81. The Labute approximate surface area is 179 Å². The molecule has 0 spiro atoms. The monoisotopic (exact) mass is 282 g/mol. The predicted octanol–water partition coefficient (Wildman–Crippen LogP) is -7.45. The van der Waals surface area contributed by atoms with Crippen molar-refractivity contribution in [1.82, 2.24) is 10.4 Å². The van der Waals surface area contributed by atoms with E-state index in [-0.39, 0.29) is 107 Å². The summed E-state index contributed by atoms with van der Waals surface area (Å²) < 4.78 is 0.170. The first-order valence-corrected chi connectivity index (χ1v) is 4.38. The number of hydrogen-bond donors (Lipinski definition) is 1. The molecule has 0 aromatic rings. The maximum Gasteiger partial charge on any atom is 1.00 e. The predicted molar refractivity (Wildman–Crippen MR) is 47.8 cm³/mol. The molecular weight excluding hydrogens is 274 g/mol. The largest absolute Gasteiger partial charge is 1.00 e. The van der Waals surface area contributed by atoms with E-state index in [9.17, 15) is 9.90 Å². The molecule has 8 heteroatoms. The average Bonchev–Trinajstić information content (AvgIpc) is 2.33. The summed E-state index contributed by atoms with van der Waals surface area (Å²) in [6.45, 7) is 0.648. The molecule has 0 unspecified atom stereocenters. The summed E-state index contributed by atoms with van der Waals surface area (Å²) >= 11 is 9.24. The summed E-state index contributed by atoms with van der Waals surface area (Å²) in [4.78, 5) is 10.5. The first kappa shape index (κ1) is 19.2. The van der Waals surface area contributed by atoms with Gasteiger partial charge in [0.1, 0.15) is 0 Å². The van der Waals surface area contributed by atoms with E-state index in [0.717, 1.165) is 6.42 Å². The van der Waals surface area contributed by atoms with E-state index in [4.69, 9.17) is 0 Å².